The van der Waals surface area contributed by atoms with Crippen molar-refractivity contribution in [1.82, 2.24) is 5.01 Å². The lowest BCUT2D eigenvalue weighted by Gasteiger charge is -2.20. The second-order valence-electron chi connectivity index (χ2n) is 6.80. The Morgan fingerprint density at radius 3 is 2.74 bits per heavy atom. The highest BCUT2D eigenvalue weighted by atomic mass is 35.5. The van der Waals surface area contributed by atoms with Crippen LogP contribution in [0.15, 0.2) is 70.4 Å². The van der Waals surface area contributed by atoms with E-state index in [9.17, 15) is 19.3 Å². The maximum Gasteiger partial charge on any atom is 0.306 e. The number of benzene rings is 2. The molecule has 3 aromatic rings. The van der Waals surface area contributed by atoms with Gasteiger partial charge in [-0.3, -0.25) is 14.9 Å². The molecule has 0 aliphatic carbocycles. The average molecular weight is 443 g/mol. The van der Waals surface area contributed by atoms with Gasteiger partial charge >= 0.3 is 5.69 Å². The van der Waals surface area contributed by atoms with E-state index in [1.165, 1.54) is 17.3 Å². The second kappa shape index (κ2) is 8.57. The highest BCUT2D eigenvalue weighted by Crippen LogP contribution is 2.33. The zero-order valence-electron chi connectivity index (χ0n) is 16.0. The summed E-state index contributed by atoms with van der Waals surface area (Å²) >= 11 is 5.95. The average Bonchev–Trinajstić information content (AvgIpc) is 3.43. The first-order valence-corrected chi connectivity index (χ1v) is 9.67. The first kappa shape index (κ1) is 20.5. The van der Waals surface area contributed by atoms with E-state index in [2.05, 4.69) is 10.4 Å². The van der Waals surface area contributed by atoms with Crippen LogP contribution in [0.4, 0.5) is 15.8 Å². The van der Waals surface area contributed by atoms with Gasteiger partial charge in [0.1, 0.15) is 11.8 Å². The van der Waals surface area contributed by atoms with Crippen LogP contribution in [0.1, 0.15) is 23.8 Å². The molecule has 0 saturated carbocycles. The molecule has 31 heavy (non-hydrogen) atoms. The van der Waals surface area contributed by atoms with Crippen LogP contribution in [-0.2, 0) is 4.79 Å². The molecule has 10 heteroatoms. The van der Waals surface area contributed by atoms with Gasteiger partial charge in [0.25, 0.3) is 5.91 Å². The quantitative estimate of drug-likeness (QED) is 0.437. The molecule has 1 aromatic heterocycles. The third kappa shape index (κ3) is 4.41. The van der Waals surface area contributed by atoms with Gasteiger partial charge in [-0.15, -0.1) is 0 Å². The normalized spacial score (nSPS) is 15.6. The minimum absolute atomic E-state index is 0.197. The lowest BCUT2D eigenvalue weighted by atomic mass is 10.0. The van der Waals surface area contributed by atoms with Gasteiger partial charge < -0.3 is 9.73 Å². The van der Waals surface area contributed by atoms with Crippen molar-refractivity contribution in [3.05, 3.63) is 93.1 Å². The summed E-state index contributed by atoms with van der Waals surface area (Å²) < 4.78 is 19.0. The van der Waals surface area contributed by atoms with Crippen molar-refractivity contribution in [2.75, 3.05) is 11.9 Å². The molecule has 1 aliphatic heterocycles. The number of hydrazone groups is 1. The van der Waals surface area contributed by atoms with Gasteiger partial charge in [0.05, 0.1) is 23.4 Å². The Hall–Kier alpha value is -3.72. The summed E-state index contributed by atoms with van der Waals surface area (Å²) in [5.41, 5.74) is 1.11. The lowest BCUT2D eigenvalue weighted by Crippen LogP contribution is -2.32. The van der Waals surface area contributed by atoms with Crippen LogP contribution >= 0.6 is 11.6 Å². The van der Waals surface area contributed by atoms with Gasteiger partial charge in [-0.25, -0.2) is 5.01 Å². The van der Waals surface area contributed by atoms with Gasteiger partial charge in [0, 0.05) is 23.2 Å². The number of halogens is 2. The van der Waals surface area contributed by atoms with Gasteiger partial charge in [0.15, 0.2) is 0 Å². The number of hydrogen-bond donors (Lipinski definition) is 1. The molecule has 4 rings (SSSR count). The monoisotopic (exact) mass is 442 g/mol. The molecule has 0 fully saturated rings. The number of nitro groups is 1. The summed E-state index contributed by atoms with van der Waals surface area (Å²) in [7, 11) is 0. The molecule has 158 valence electrons. The highest BCUT2D eigenvalue weighted by molar-refractivity contribution is 6.30. The smallest absolute Gasteiger partial charge is 0.306 e. The van der Waals surface area contributed by atoms with Gasteiger partial charge in [-0.2, -0.15) is 9.49 Å². The number of carbonyl (C=O) groups is 1. The summed E-state index contributed by atoms with van der Waals surface area (Å²) in [5, 5.41) is 20.1. The van der Waals surface area contributed by atoms with Crippen LogP contribution in [0.25, 0.3) is 0 Å². The fourth-order valence-electron chi connectivity index (χ4n) is 3.28. The van der Waals surface area contributed by atoms with Gasteiger partial charge in [-0.05, 0) is 42.0 Å². The van der Waals surface area contributed by atoms with Crippen molar-refractivity contribution >= 4 is 34.6 Å². The Bertz CT molecular complexity index is 1150. The number of nitrogens with one attached hydrogen (secondary N) is 1. The topological polar surface area (TPSA) is 101 Å². The van der Waals surface area contributed by atoms with E-state index >= 15 is 0 Å². The molecule has 8 nitrogen and oxygen atoms in total. The molecule has 0 bridgehead atoms. The van der Waals surface area contributed by atoms with E-state index in [0.29, 0.717) is 22.9 Å². The first-order chi connectivity index (χ1) is 14.9. The second-order valence-corrected chi connectivity index (χ2v) is 7.24. The predicted molar refractivity (Wildman–Crippen MR) is 112 cm³/mol. The van der Waals surface area contributed by atoms with Crippen molar-refractivity contribution in [2.45, 2.75) is 12.5 Å². The lowest BCUT2D eigenvalue weighted by molar-refractivity contribution is -0.387. The Balaban J connectivity index is 1.54. The number of furan rings is 1. The Kier molecular flexibility index (Phi) is 5.68. The fraction of sp³-hybridized carbons (Fsp3) is 0.143. The van der Waals surface area contributed by atoms with Gasteiger partial charge in [0.2, 0.25) is 5.82 Å². The summed E-state index contributed by atoms with van der Waals surface area (Å²) in [6, 6.07) is 13.5. The minimum Gasteiger partial charge on any atom is -0.467 e. The van der Waals surface area contributed by atoms with Crippen molar-refractivity contribution in [2.24, 2.45) is 5.10 Å². The van der Waals surface area contributed by atoms with Crippen molar-refractivity contribution < 1.29 is 18.5 Å². The SMILES string of the molecule is O=C(CNc1ccc(F)c([N+](=O)[O-])c1)N1N=C(c2ccc(Cl)cc2)CC1c1ccco1. The molecule has 0 radical (unpaired) electrons. The number of nitro benzene ring substituents is 1. The molecule has 1 N–H and O–H groups in total. The standard InChI is InChI=1S/C21H16ClFN4O4/c22-14-5-3-13(4-6-14)17-11-19(20-2-1-9-31-20)26(25-17)21(28)12-24-15-7-8-16(23)18(10-15)27(29)30/h1-10,19,24H,11-12H2. The van der Waals surface area contributed by atoms with E-state index < -0.39 is 22.5 Å². The molecule has 2 aromatic carbocycles. The molecular weight excluding hydrogens is 427 g/mol. The molecule has 2 heterocycles. The number of anilines is 1. The summed E-state index contributed by atoms with van der Waals surface area (Å²) in [6.07, 6.45) is 1.97. The van der Waals surface area contributed by atoms with Crippen molar-refractivity contribution in [3.63, 3.8) is 0 Å². The van der Waals surface area contributed by atoms with Crippen molar-refractivity contribution in [3.8, 4) is 0 Å². The zero-order valence-corrected chi connectivity index (χ0v) is 16.8. The summed E-state index contributed by atoms with van der Waals surface area (Å²) in [4.78, 5) is 23.0. The third-order valence-electron chi connectivity index (χ3n) is 4.80. The number of hydrogen-bond acceptors (Lipinski definition) is 6. The molecule has 0 saturated heterocycles. The van der Waals surface area contributed by atoms with E-state index in [0.717, 1.165) is 17.7 Å². The van der Waals surface area contributed by atoms with Crippen LogP contribution in [0.5, 0.6) is 0 Å². The van der Waals surface area contributed by atoms with Crippen LogP contribution in [-0.4, -0.2) is 28.1 Å². The Morgan fingerprint density at radius 2 is 2.06 bits per heavy atom. The highest BCUT2D eigenvalue weighted by Gasteiger charge is 2.34. The van der Waals surface area contributed by atoms with Crippen molar-refractivity contribution in [1.29, 1.82) is 0 Å². The third-order valence-corrected chi connectivity index (χ3v) is 5.05. The van der Waals surface area contributed by atoms with Crippen LogP contribution < -0.4 is 5.32 Å². The largest absolute Gasteiger partial charge is 0.467 e. The number of rotatable bonds is 6. The molecule has 1 amide bonds. The van der Waals surface area contributed by atoms with E-state index in [1.54, 1.807) is 24.3 Å². The van der Waals surface area contributed by atoms with Crippen LogP contribution in [0.3, 0.4) is 0 Å². The fourth-order valence-corrected chi connectivity index (χ4v) is 3.41. The molecule has 1 aliphatic rings. The summed E-state index contributed by atoms with van der Waals surface area (Å²) in [6.45, 7) is -0.197. The number of amides is 1. The van der Waals surface area contributed by atoms with E-state index in [-0.39, 0.29) is 18.1 Å². The van der Waals surface area contributed by atoms with E-state index in [1.807, 2.05) is 12.1 Å². The zero-order chi connectivity index (χ0) is 22.0. The molecule has 1 atom stereocenters. The predicted octanol–water partition coefficient (Wildman–Crippen LogP) is 4.77. The molecular formula is C21H16ClFN4O4. The minimum atomic E-state index is -0.948. The molecule has 1 unspecified atom stereocenters. The number of carbonyl (C=O) groups excluding carboxylic acids is 1. The first-order valence-electron chi connectivity index (χ1n) is 9.29. The van der Waals surface area contributed by atoms with Gasteiger partial charge in [-0.1, -0.05) is 23.7 Å². The maximum atomic E-state index is 13.5. The Labute approximate surface area is 181 Å². The maximum absolute atomic E-state index is 13.5. The summed E-state index contributed by atoms with van der Waals surface area (Å²) in [5.74, 6) is -0.743. The van der Waals surface area contributed by atoms with Crippen LogP contribution in [0, 0.1) is 15.9 Å². The molecule has 0 spiro atoms. The number of nitrogens with zero attached hydrogens (tertiary/aromatic N) is 3. The van der Waals surface area contributed by atoms with E-state index in [4.69, 9.17) is 16.0 Å². The Morgan fingerprint density at radius 1 is 1.29 bits per heavy atom. The van der Waals surface area contributed by atoms with Crippen LogP contribution in [0.2, 0.25) is 5.02 Å².